The van der Waals surface area contributed by atoms with Crippen LogP contribution in [0.5, 0.6) is 11.5 Å². The highest BCUT2D eigenvalue weighted by molar-refractivity contribution is 6.01. The van der Waals surface area contributed by atoms with Crippen LogP contribution in [-0.2, 0) is 0 Å². The van der Waals surface area contributed by atoms with Gasteiger partial charge in [-0.3, -0.25) is 4.79 Å². The maximum absolute atomic E-state index is 11.6. The van der Waals surface area contributed by atoms with E-state index in [2.05, 4.69) is 4.98 Å². The number of aromatic carboxylic acids is 1. The van der Waals surface area contributed by atoms with E-state index in [0.717, 1.165) is 0 Å². The maximum Gasteiger partial charge on any atom is 0.345 e. The Morgan fingerprint density at radius 3 is 2.61 bits per heavy atom. The minimum atomic E-state index is -1.49. The molecule has 0 aliphatic rings. The minimum absolute atomic E-state index is 0.189. The topological polar surface area (TPSA) is 99.6 Å². The van der Waals surface area contributed by atoms with E-state index in [0.29, 0.717) is 16.8 Å². The second-order valence-electron chi connectivity index (χ2n) is 3.82. The molecule has 2 aromatic rings. The number of pyridine rings is 1. The van der Waals surface area contributed by atoms with Gasteiger partial charge in [0.05, 0.1) is 18.0 Å². The van der Waals surface area contributed by atoms with Gasteiger partial charge < -0.3 is 19.9 Å². The predicted molar refractivity (Wildman–Crippen MR) is 64.5 cm³/mol. The molecule has 0 saturated heterocycles. The van der Waals surface area contributed by atoms with Crippen molar-refractivity contribution in [2.45, 2.75) is 6.92 Å². The van der Waals surface area contributed by atoms with Crippen LogP contribution in [0.1, 0.15) is 15.9 Å². The molecule has 0 aliphatic heterocycles. The molecule has 0 unspecified atom stereocenters. The van der Waals surface area contributed by atoms with Gasteiger partial charge in [0.25, 0.3) is 5.56 Å². The highest BCUT2D eigenvalue weighted by Crippen LogP contribution is 2.34. The smallest absolute Gasteiger partial charge is 0.345 e. The fourth-order valence-electron chi connectivity index (χ4n) is 1.86. The lowest BCUT2D eigenvalue weighted by Crippen LogP contribution is -2.18. The van der Waals surface area contributed by atoms with Gasteiger partial charge in [-0.2, -0.15) is 0 Å². The molecule has 6 nitrogen and oxygen atoms in total. The Bertz CT molecular complexity index is 702. The first-order valence-corrected chi connectivity index (χ1v) is 5.13. The van der Waals surface area contributed by atoms with Crippen molar-refractivity contribution < 1.29 is 19.7 Å². The van der Waals surface area contributed by atoms with E-state index in [-0.39, 0.29) is 5.39 Å². The normalized spacial score (nSPS) is 10.6. The number of nitrogens with one attached hydrogen (secondary N) is 1. The monoisotopic (exact) mass is 249 g/mol. The number of benzene rings is 1. The van der Waals surface area contributed by atoms with Crippen LogP contribution in [-0.4, -0.2) is 28.3 Å². The average molecular weight is 249 g/mol. The summed E-state index contributed by atoms with van der Waals surface area (Å²) in [5, 5.41) is 19.1. The Kier molecular flexibility index (Phi) is 2.70. The summed E-state index contributed by atoms with van der Waals surface area (Å²) in [6, 6.07) is 3.30. The van der Waals surface area contributed by atoms with Crippen molar-refractivity contribution in [3.05, 3.63) is 33.6 Å². The van der Waals surface area contributed by atoms with Crippen molar-refractivity contribution in [2.24, 2.45) is 0 Å². The fourth-order valence-corrected chi connectivity index (χ4v) is 1.86. The van der Waals surface area contributed by atoms with Crippen molar-refractivity contribution in [2.75, 3.05) is 7.11 Å². The van der Waals surface area contributed by atoms with Crippen molar-refractivity contribution in [1.29, 1.82) is 0 Å². The summed E-state index contributed by atoms with van der Waals surface area (Å²) in [5.74, 6) is -1.77. The zero-order chi connectivity index (χ0) is 13.4. The fraction of sp³-hybridized carbons (Fsp3) is 0.167. The van der Waals surface area contributed by atoms with Crippen LogP contribution >= 0.6 is 0 Å². The van der Waals surface area contributed by atoms with Crippen molar-refractivity contribution >= 4 is 16.9 Å². The number of ether oxygens (including phenoxy) is 1. The SMILES string of the molecule is COc1ccc(C)c2[nH]c(=O)c(C(=O)O)c(O)c12. The first-order valence-electron chi connectivity index (χ1n) is 5.13. The van der Waals surface area contributed by atoms with Crippen LogP contribution in [0.4, 0.5) is 0 Å². The molecule has 0 saturated carbocycles. The van der Waals surface area contributed by atoms with Crippen LogP contribution in [0.3, 0.4) is 0 Å². The number of rotatable bonds is 2. The molecule has 2 rings (SSSR count). The van der Waals surface area contributed by atoms with Gasteiger partial charge in [-0.1, -0.05) is 6.07 Å². The third-order valence-corrected chi connectivity index (χ3v) is 2.75. The van der Waals surface area contributed by atoms with E-state index >= 15 is 0 Å². The molecule has 0 aliphatic carbocycles. The van der Waals surface area contributed by atoms with Gasteiger partial charge in [-0.25, -0.2) is 4.79 Å². The second kappa shape index (κ2) is 4.06. The summed E-state index contributed by atoms with van der Waals surface area (Å²) in [6.45, 7) is 1.73. The number of carbonyl (C=O) groups is 1. The van der Waals surface area contributed by atoms with Crippen LogP contribution in [0.2, 0.25) is 0 Å². The highest BCUT2D eigenvalue weighted by Gasteiger charge is 2.21. The largest absolute Gasteiger partial charge is 0.506 e. The lowest BCUT2D eigenvalue weighted by Gasteiger charge is -2.10. The third kappa shape index (κ3) is 1.58. The molecule has 0 bridgehead atoms. The molecule has 0 amide bonds. The summed E-state index contributed by atoms with van der Waals surface area (Å²) < 4.78 is 5.06. The number of carboxylic acids is 1. The predicted octanol–water partition coefficient (Wildman–Crippen LogP) is 1.25. The summed E-state index contributed by atoms with van der Waals surface area (Å²) in [6.07, 6.45) is 0. The van der Waals surface area contributed by atoms with Crippen LogP contribution in [0.15, 0.2) is 16.9 Å². The van der Waals surface area contributed by atoms with Crippen molar-refractivity contribution in [1.82, 2.24) is 4.98 Å². The van der Waals surface area contributed by atoms with E-state index in [1.165, 1.54) is 7.11 Å². The molecule has 18 heavy (non-hydrogen) atoms. The zero-order valence-corrected chi connectivity index (χ0v) is 9.77. The van der Waals surface area contributed by atoms with Gasteiger partial charge in [-0.15, -0.1) is 0 Å². The van der Waals surface area contributed by atoms with Gasteiger partial charge in [0.1, 0.15) is 11.5 Å². The molecular weight excluding hydrogens is 238 g/mol. The summed E-state index contributed by atoms with van der Waals surface area (Å²) >= 11 is 0. The maximum atomic E-state index is 11.6. The Morgan fingerprint density at radius 2 is 2.06 bits per heavy atom. The second-order valence-corrected chi connectivity index (χ2v) is 3.82. The number of H-pyrrole nitrogens is 1. The molecule has 1 aromatic heterocycles. The Labute approximate surface area is 101 Å². The first-order chi connectivity index (χ1) is 8.47. The van der Waals surface area contributed by atoms with Gasteiger partial charge >= 0.3 is 5.97 Å². The Morgan fingerprint density at radius 1 is 1.39 bits per heavy atom. The van der Waals surface area contributed by atoms with E-state index in [1.807, 2.05) is 0 Å². The van der Waals surface area contributed by atoms with Gasteiger partial charge in [0, 0.05) is 0 Å². The molecule has 1 heterocycles. The van der Waals surface area contributed by atoms with Crippen LogP contribution in [0, 0.1) is 6.92 Å². The number of aromatic hydroxyl groups is 1. The standard InChI is InChI=1S/C12H11NO5/c1-5-3-4-6(18-2)7-9(5)13-11(15)8(10(7)14)12(16)17/h3-4H,1-2H3,(H,16,17)(H2,13,14,15). The van der Waals surface area contributed by atoms with Gasteiger partial charge in [0.15, 0.2) is 5.56 Å². The van der Waals surface area contributed by atoms with E-state index in [4.69, 9.17) is 9.84 Å². The number of hydrogen-bond donors (Lipinski definition) is 3. The third-order valence-electron chi connectivity index (χ3n) is 2.75. The molecule has 3 N–H and O–H groups in total. The molecule has 0 spiro atoms. The number of methoxy groups -OCH3 is 1. The van der Waals surface area contributed by atoms with E-state index in [1.54, 1.807) is 19.1 Å². The lowest BCUT2D eigenvalue weighted by atomic mass is 10.1. The summed E-state index contributed by atoms with van der Waals surface area (Å²) in [5.41, 5.74) is -0.466. The summed E-state index contributed by atoms with van der Waals surface area (Å²) in [4.78, 5) is 25.0. The average Bonchev–Trinajstić information content (AvgIpc) is 2.30. The van der Waals surface area contributed by atoms with E-state index in [9.17, 15) is 14.7 Å². The highest BCUT2D eigenvalue weighted by atomic mass is 16.5. The van der Waals surface area contributed by atoms with Crippen LogP contribution < -0.4 is 10.3 Å². The minimum Gasteiger partial charge on any atom is -0.506 e. The molecule has 0 atom stereocenters. The quantitative estimate of drug-likeness (QED) is 0.743. The number of carboxylic acid groups (broad SMARTS) is 1. The van der Waals surface area contributed by atoms with Crippen molar-refractivity contribution in [3.63, 3.8) is 0 Å². The van der Waals surface area contributed by atoms with Crippen molar-refractivity contribution in [3.8, 4) is 11.5 Å². The number of aryl methyl sites for hydroxylation is 1. The Hall–Kier alpha value is -2.50. The zero-order valence-electron chi connectivity index (χ0n) is 9.77. The molecule has 0 fully saturated rings. The van der Waals surface area contributed by atoms with Crippen LogP contribution in [0.25, 0.3) is 10.9 Å². The van der Waals surface area contributed by atoms with E-state index < -0.39 is 22.8 Å². The number of fused-ring (bicyclic) bond motifs is 1. The lowest BCUT2D eigenvalue weighted by molar-refractivity contribution is 0.0692. The molecule has 94 valence electrons. The number of aromatic amines is 1. The Balaban J connectivity index is 3.05. The van der Waals surface area contributed by atoms with Gasteiger partial charge in [0.2, 0.25) is 0 Å². The summed E-state index contributed by atoms with van der Waals surface area (Å²) in [7, 11) is 1.40. The van der Waals surface area contributed by atoms with Gasteiger partial charge in [-0.05, 0) is 18.6 Å². The molecule has 6 heteroatoms. The number of aromatic nitrogens is 1. The molecule has 0 radical (unpaired) electrons. The first kappa shape index (κ1) is 12.0. The number of hydrogen-bond acceptors (Lipinski definition) is 4. The molecule has 1 aromatic carbocycles. The molecular formula is C12H11NO5.